The molecule has 0 bridgehead atoms. The van der Waals surface area contributed by atoms with Crippen molar-refractivity contribution >= 4 is 21.8 Å². The summed E-state index contributed by atoms with van der Waals surface area (Å²) < 4.78 is 4.94. The van der Waals surface area contributed by atoms with E-state index in [0.717, 1.165) is 44.9 Å². The van der Waals surface area contributed by atoms with E-state index in [-0.39, 0.29) is 10.8 Å². The molecule has 0 saturated carbocycles. The standard InChI is InChI=1S/C76H56N2/c1-75(2)67-21-13-11-19-63(67)65-41-35-57(43-69(65)75)53-31-37-61(38-32-53)77-71(55-27-23-51(24-28-55)49-15-7-5-8-16-49)45-59-48-74-60(47-73(59)77)46-72(56-29-25-52(26-30-56)50-17-9-6-10-18-50)78(74)62-39-33-54(34-40-62)58-36-42-66-64-20-12-14-22-68(64)76(3,4)70(66)44-58/h5-48H,1-4H3. The topological polar surface area (TPSA) is 9.86 Å². The molecule has 0 N–H and O–H groups in total. The summed E-state index contributed by atoms with van der Waals surface area (Å²) >= 11 is 0. The smallest absolute Gasteiger partial charge is 0.0542 e. The molecule has 15 rings (SSSR count). The van der Waals surface area contributed by atoms with E-state index in [4.69, 9.17) is 0 Å². The average Bonchev–Trinajstić information content (AvgIpc) is 4.24. The third-order valence-corrected chi connectivity index (χ3v) is 17.4. The first-order valence-corrected chi connectivity index (χ1v) is 27.4. The lowest BCUT2D eigenvalue weighted by atomic mass is 9.81. The number of fused-ring (bicyclic) bond motifs is 8. The average molecular weight is 997 g/mol. The maximum atomic E-state index is 2.47. The molecule has 2 aromatic heterocycles. The van der Waals surface area contributed by atoms with Crippen molar-refractivity contribution in [1.82, 2.24) is 9.13 Å². The van der Waals surface area contributed by atoms with Gasteiger partial charge in [0.2, 0.25) is 0 Å². The lowest BCUT2D eigenvalue weighted by molar-refractivity contribution is 0.660. The highest BCUT2D eigenvalue weighted by molar-refractivity contribution is 6.02. The normalized spacial score (nSPS) is 13.6. The molecule has 0 aliphatic heterocycles. The van der Waals surface area contributed by atoms with Crippen LogP contribution in [0.15, 0.2) is 267 Å². The molecule has 370 valence electrons. The van der Waals surface area contributed by atoms with Gasteiger partial charge in [0.15, 0.2) is 0 Å². The van der Waals surface area contributed by atoms with Gasteiger partial charge >= 0.3 is 0 Å². The fraction of sp³-hybridized carbons (Fsp3) is 0.0789. The van der Waals surface area contributed by atoms with Crippen molar-refractivity contribution in [2.45, 2.75) is 38.5 Å². The highest BCUT2D eigenvalue weighted by Gasteiger charge is 2.36. The highest BCUT2D eigenvalue weighted by Crippen LogP contribution is 2.51. The monoisotopic (exact) mass is 996 g/mol. The molecule has 2 nitrogen and oxygen atoms in total. The second-order valence-electron chi connectivity index (χ2n) is 22.5. The highest BCUT2D eigenvalue weighted by atomic mass is 15.0. The van der Waals surface area contributed by atoms with E-state index in [1.54, 1.807) is 0 Å². The fourth-order valence-corrected chi connectivity index (χ4v) is 13.2. The predicted molar refractivity (Wildman–Crippen MR) is 328 cm³/mol. The van der Waals surface area contributed by atoms with E-state index in [1.165, 1.54) is 99.8 Å². The summed E-state index contributed by atoms with van der Waals surface area (Å²) in [6, 6.07) is 99.4. The van der Waals surface area contributed by atoms with Gasteiger partial charge in [0.25, 0.3) is 0 Å². The van der Waals surface area contributed by atoms with Crippen molar-refractivity contribution in [1.29, 1.82) is 0 Å². The Labute approximate surface area is 456 Å². The molecule has 0 fully saturated rings. The van der Waals surface area contributed by atoms with Gasteiger partial charge in [0.1, 0.15) is 0 Å². The summed E-state index contributed by atoms with van der Waals surface area (Å²) in [5, 5.41) is 2.36. The van der Waals surface area contributed by atoms with Crippen LogP contribution in [0.4, 0.5) is 0 Å². The molecule has 78 heavy (non-hydrogen) atoms. The number of hydrogen-bond donors (Lipinski definition) is 0. The summed E-state index contributed by atoms with van der Waals surface area (Å²) in [6.07, 6.45) is 0. The van der Waals surface area contributed by atoms with Gasteiger partial charge in [-0.15, -0.1) is 0 Å². The predicted octanol–water partition coefficient (Wildman–Crippen LogP) is 20.2. The molecular formula is C76H56N2. The first-order valence-electron chi connectivity index (χ1n) is 27.4. The van der Waals surface area contributed by atoms with Crippen molar-refractivity contribution in [2.75, 3.05) is 0 Å². The van der Waals surface area contributed by atoms with Gasteiger partial charge < -0.3 is 9.13 Å². The van der Waals surface area contributed by atoms with Gasteiger partial charge in [-0.05, 0) is 161 Å². The SMILES string of the molecule is CC1(C)c2ccccc2-c2ccc(-c3ccc(-n4c(-c5ccc(-c6ccccc6)cc5)cc5cc6c(cc(-c7ccc(-c8ccccc8)cc7)n6-c6ccc(-c7ccc8c(c7)C(C)(C)c7ccccc7-8)cc6)cc54)cc3)cc21. The molecule has 13 aromatic rings. The summed E-state index contributed by atoms with van der Waals surface area (Å²) in [5.41, 5.74) is 29.7. The second-order valence-corrected chi connectivity index (χ2v) is 22.5. The van der Waals surface area contributed by atoms with Gasteiger partial charge in [-0.3, -0.25) is 0 Å². The Hall–Kier alpha value is -9.50. The Kier molecular flexibility index (Phi) is 10.3. The lowest BCUT2D eigenvalue weighted by Gasteiger charge is -2.22. The van der Waals surface area contributed by atoms with Crippen LogP contribution in [0, 0.1) is 0 Å². The van der Waals surface area contributed by atoms with E-state index in [2.05, 4.69) is 304 Å². The quantitative estimate of drug-likeness (QED) is 0.144. The van der Waals surface area contributed by atoms with Crippen LogP contribution in [0.2, 0.25) is 0 Å². The Morgan fingerprint density at radius 3 is 0.923 bits per heavy atom. The maximum Gasteiger partial charge on any atom is 0.0542 e. The number of hydrogen-bond acceptors (Lipinski definition) is 0. The first-order chi connectivity index (χ1) is 38.2. The summed E-state index contributed by atoms with van der Waals surface area (Å²) in [6.45, 7) is 9.43. The van der Waals surface area contributed by atoms with Crippen LogP contribution < -0.4 is 0 Å². The van der Waals surface area contributed by atoms with Gasteiger partial charge in [0.05, 0.1) is 22.4 Å². The Bertz CT molecular complexity index is 4180. The molecule has 0 unspecified atom stereocenters. The minimum atomic E-state index is -0.0652. The van der Waals surface area contributed by atoms with Crippen molar-refractivity contribution in [2.24, 2.45) is 0 Å². The Morgan fingerprint density at radius 2 is 0.526 bits per heavy atom. The third kappa shape index (κ3) is 7.24. The number of aromatic nitrogens is 2. The molecule has 2 aliphatic carbocycles. The lowest BCUT2D eigenvalue weighted by Crippen LogP contribution is -2.14. The van der Waals surface area contributed by atoms with Crippen molar-refractivity contribution in [3.8, 4) is 101 Å². The van der Waals surface area contributed by atoms with Gasteiger partial charge in [0, 0.05) is 33.0 Å². The molecule has 2 heteroatoms. The molecular weight excluding hydrogens is 941 g/mol. The van der Waals surface area contributed by atoms with Gasteiger partial charge in [-0.1, -0.05) is 234 Å². The summed E-state index contributed by atoms with van der Waals surface area (Å²) in [7, 11) is 0. The number of nitrogens with zero attached hydrogens (tertiary/aromatic N) is 2. The van der Waals surface area contributed by atoms with E-state index in [1.807, 2.05) is 0 Å². The van der Waals surface area contributed by atoms with Crippen LogP contribution in [-0.2, 0) is 10.8 Å². The molecule has 2 heterocycles. The third-order valence-electron chi connectivity index (χ3n) is 17.4. The largest absolute Gasteiger partial charge is 0.309 e. The van der Waals surface area contributed by atoms with E-state index >= 15 is 0 Å². The summed E-state index contributed by atoms with van der Waals surface area (Å²) in [4.78, 5) is 0. The summed E-state index contributed by atoms with van der Waals surface area (Å²) in [5.74, 6) is 0. The molecule has 2 aliphatic rings. The van der Waals surface area contributed by atoms with E-state index < -0.39 is 0 Å². The van der Waals surface area contributed by atoms with Crippen LogP contribution >= 0.6 is 0 Å². The van der Waals surface area contributed by atoms with E-state index in [0.29, 0.717) is 0 Å². The zero-order valence-corrected chi connectivity index (χ0v) is 44.3. The Balaban J connectivity index is 0.870. The zero-order valence-electron chi connectivity index (χ0n) is 44.3. The second kappa shape index (κ2) is 17.5. The van der Waals surface area contributed by atoms with Crippen molar-refractivity contribution in [3.63, 3.8) is 0 Å². The zero-order chi connectivity index (χ0) is 52.3. The minimum absolute atomic E-state index is 0.0652. The molecule has 0 saturated heterocycles. The van der Waals surface area contributed by atoms with E-state index in [9.17, 15) is 0 Å². The minimum Gasteiger partial charge on any atom is -0.309 e. The van der Waals surface area contributed by atoms with Crippen LogP contribution in [0.5, 0.6) is 0 Å². The van der Waals surface area contributed by atoms with Crippen molar-refractivity contribution in [3.05, 3.63) is 289 Å². The number of rotatable bonds is 8. The van der Waals surface area contributed by atoms with Crippen LogP contribution in [0.1, 0.15) is 49.9 Å². The van der Waals surface area contributed by atoms with Crippen LogP contribution in [-0.4, -0.2) is 9.13 Å². The number of benzene rings is 11. The molecule has 11 aromatic carbocycles. The molecule has 0 atom stereocenters. The van der Waals surface area contributed by atoms with Gasteiger partial charge in [-0.2, -0.15) is 0 Å². The maximum absolute atomic E-state index is 2.47. The van der Waals surface area contributed by atoms with Crippen LogP contribution in [0.3, 0.4) is 0 Å². The Morgan fingerprint density at radius 1 is 0.231 bits per heavy atom. The first kappa shape index (κ1) is 45.9. The fourth-order valence-electron chi connectivity index (χ4n) is 13.2. The molecule has 0 amide bonds. The van der Waals surface area contributed by atoms with Gasteiger partial charge in [-0.25, -0.2) is 0 Å². The molecule has 0 radical (unpaired) electrons. The van der Waals surface area contributed by atoms with Crippen molar-refractivity contribution < 1.29 is 0 Å². The molecule has 0 spiro atoms. The van der Waals surface area contributed by atoms with Crippen LogP contribution in [0.25, 0.3) is 122 Å².